The van der Waals surface area contributed by atoms with E-state index < -0.39 is 5.97 Å². The molecule has 0 radical (unpaired) electrons. The van der Waals surface area contributed by atoms with Gasteiger partial charge in [-0.1, -0.05) is 18.2 Å². The van der Waals surface area contributed by atoms with E-state index in [0.717, 1.165) is 6.20 Å². The molecule has 0 aliphatic carbocycles. The molecule has 13 heavy (non-hydrogen) atoms. The number of para-hydroxylation sites is 1. The Morgan fingerprint density at radius 2 is 1.92 bits per heavy atom. The Labute approximate surface area is 75.8 Å². The van der Waals surface area contributed by atoms with E-state index in [1.54, 1.807) is 24.3 Å². The van der Waals surface area contributed by atoms with Gasteiger partial charge in [-0.2, -0.15) is 0 Å². The van der Waals surface area contributed by atoms with Gasteiger partial charge in [-0.25, -0.2) is 4.79 Å². The van der Waals surface area contributed by atoms with Crippen molar-refractivity contribution >= 4 is 5.97 Å². The van der Waals surface area contributed by atoms with Crippen LogP contribution in [-0.2, 0) is 4.79 Å². The van der Waals surface area contributed by atoms with Crippen molar-refractivity contribution in [3.8, 4) is 5.75 Å². The lowest BCUT2D eigenvalue weighted by Crippen LogP contribution is -2.18. The molecule has 0 amide bonds. The highest BCUT2D eigenvalue weighted by Gasteiger charge is 2.06. The summed E-state index contributed by atoms with van der Waals surface area (Å²) in [5, 5.41) is 0. The highest BCUT2D eigenvalue weighted by molar-refractivity contribution is 5.88. The molecule has 1 aromatic rings. The van der Waals surface area contributed by atoms with Crippen molar-refractivity contribution in [2.24, 2.45) is 11.5 Å². The topological polar surface area (TPSA) is 78.3 Å². The zero-order chi connectivity index (χ0) is 9.68. The SMILES string of the molecule is NC=C(N)C(=O)Oc1ccccc1. The number of rotatable bonds is 2. The lowest BCUT2D eigenvalue weighted by atomic mass is 10.3. The molecular weight excluding hydrogens is 168 g/mol. The van der Waals surface area contributed by atoms with Crippen LogP contribution in [0.5, 0.6) is 5.75 Å². The molecular formula is C9H10N2O2. The largest absolute Gasteiger partial charge is 0.422 e. The summed E-state index contributed by atoms with van der Waals surface area (Å²) in [5.41, 5.74) is 10.2. The second-order valence-electron chi connectivity index (χ2n) is 2.32. The number of carbonyl (C=O) groups is 1. The molecule has 68 valence electrons. The Morgan fingerprint density at radius 3 is 2.46 bits per heavy atom. The lowest BCUT2D eigenvalue weighted by Gasteiger charge is -2.02. The molecule has 0 spiro atoms. The molecule has 1 rings (SSSR count). The maximum atomic E-state index is 11.0. The smallest absolute Gasteiger partial charge is 0.361 e. The molecule has 0 fully saturated rings. The molecule has 4 heteroatoms. The highest BCUT2D eigenvalue weighted by Crippen LogP contribution is 2.09. The Morgan fingerprint density at radius 1 is 1.31 bits per heavy atom. The van der Waals surface area contributed by atoms with Gasteiger partial charge >= 0.3 is 5.97 Å². The fourth-order valence-corrected chi connectivity index (χ4v) is 0.723. The summed E-state index contributed by atoms with van der Waals surface area (Å²) in [6.07, 6.45) is 1.01. The summed E-state index contributed by atoms with van der Waals surface area (Å²) in [5.74, 6) is -0.203. The molecule has 0 aromatic heterocycles. The maximum Gasteiger partial charge on any atom is 0.361 e. The van der Waals surface area contributed by atoms with Crippen molar-refractivity contribution in [1.82, 2.24) is 0 Å². The minimum Gasteiger partial charge on any atom is -0.422 e. The van der Waals surface area contributed by atoms with E-state index in [1.165, 1.54) is 0 Å². The molecule has 0 heterocycles. The Bertz CT molecular complexity index is 320. The van der Waals surface area contributed by atoms with Gasteiger partial charge in [-0.15, -0.1) is 0 Å². The first-order valence-electron chi connectivity index (χ1n) is 3.68. The lowest BCUT2D eigenvalue weighted by molar-refractivity contribution is -0.130. The van der Waals surface area contributed by atoms with E-state index in [9.17, 15) is 4.79 Å². The number of carbonyl (C=O) groups excluding carboxylic acids is 1. The second-order valence-corrected chi connectivity index (χ2v) is 2.32. The molecule has 0 bridgehead atoms. The summed E-state index contributed by atoms with van der Waals surface area (Å²) in [6, 6.07) is 8.64. The average Bonchev–Trinajstić information content (AvgIpc) is 2.18. The highest BCUT2D eigenvalue weighted by atomic mass is 16.5. The van der Waals surface area contributed by atoms with E-state index in [1.807, 2.05) is 6.07 Å². The monoisotopic (exact) mass is 178 g/mol. The normalized spacial score (nSPS) is 10.9. The maximum absolute atomic E-state index is 11.0. The van der Waals surface area contributed by atoms with Gasteiger partial charge in [-0.05, 0) is 12.1 Å². The van der Waals surface area contributed by atoms with Crippen molar-refractivity contribution in [1.29, 1.82) is 0 Å². The van der Waals surface area contributed by atoms with Crippen molar-refractivity contribution in [3.05, 3.63) is 42.2 Å². The fraction of sp³-hybridized carbons (Fsp3) is 0. The first kappa shape index (κ1) is 9.12. The van der Waals surface area contributed by atoms with Gasteiger partial charge in [0.1, 0.15) is 11.4 Å². The van der Waals surface area contributed by atoms with E-state index in [4.69, 9.17) is 16.2 Å². The third-order valence-electron chi connectivity index (χ3n) is 1.37. The molecule has 0 unspecified atom stereocenters. The molecule has 0 aliphatic heterocycles. The quantitative estimate of drug-likeness (QED) is 0.389. The predicted octanol–water partition coefficient (Wildman–Crippen LogP) is 0.351. The van der Waals surface area contributed by atoms with Crippen molar-refractivity contribution in [2.75, 3.05) is 0 Å². The van der Waals surface area contributed by atoms with E-state index in [2.05, 4.69) is 0 Å². The zero-order valence-electron chi connectivity index (χ0n) is 6.94. The summed E-state index contributed by atoms with van der Waals surface area (Å²) >= 11 is 0. The Kier molecular flexibility index (Phi) is 2.92. The summed E-state index contributed by atoms with van der Waals surface area (Å²) < 4.78 is 4.85. The van der Waals surface area contributed by atoms with Crippen LogP contribution >= 0.6 is 0 Å². The second kappa shape index (κ2) is 4.15. The van der Waals surface area contributed by atoms with E-state index in [-0.39, 0.29) is 5.70 Å². The van der Waals surface area contributed by atoms with E-state index in [0.29, 0.717) is 5.75 Å². The number of hydrogen-bond donors (Lipinski definition) is 2. The molecule has 0 saturated carbocycles. The minimum absolute atomic E-state index is 0.108. The van der Waals surface area contributed by atoms with Gasteiger partial charge in [0.2, 0.25) is 0 Å². The van der Waals surface area contributed by atoms with Crippen molar-refractivity contribution in [2.45, 2.75) is 0 Å². The van der Waals surface area contributed by atoms with Crippen LogP contribution in [0.2, 0.25) is 0 Å². The van der Waals surface area contributed by atoms with Gasteiger partial charge < -0.3 is 16.2 Å². The number of ether oxygens (including phenoxy) is 1. The van der Waals surface area contributed by atoms with Crippen LogP contribution in [0.15, 0.2) is 42.2 Å². The standard InChI is InChI=1S/C9H10N2O2/c10-6-8(11)9(12)13-7-4-2-1-3-5-7/h1-6H,10-11H2. The van der Waals surface area contributed by atoms with Gasteiger partial charge in [0.05, 0.1) is 0 Å². The van der Waals surface area contributed by atoms with E-state index >= 15 is 0 Å². The van der Waals surface area contributed by atoms with Gasteiger partial charge in [0.15, 0.2) is 0 Å². The summed E-state index contributed by atoms with van der Waals surface area (Å²) in [7, 11) is 0. The first-order chi connectivity index (χ1) is 6.24. The number of nitrogens with two attached hydrogens (primary N) is 2. The first-order valence-corrected chi connectivity index (χ1v) is 3.68. The number of esters is 1. The Hall–Kier alpha value is -1.97. The third-order valence-corrected chi connectivity index (χ3v) is 1.37. The van der Waals surface area contributed by atoms with Crippen LogP contribution in [0.25, 0.3) is 0 Å². The minimum atomic E-state index is -0.645. The van der Waals surface area contributed by atoms with Crippen LogP contribution in [-0.4, -0.2) is 5.97 Å². The van der Waals surface area contributed by atoms with Crippen LogP contribution in [0.4, 0.5) is 0 Å². The average molecular weight is 178 g/mol. The zero-order valence-corrected chi connectivity index (χ0v) is 6.94. The van der Waals surface area contributed by atoms with Crippen LogP contribution in [0.1, 0.15) is 0 Å². The van der Waals surface area contributed by atoms with Crippen LogP contribution in [0.3, 0.4) is 0 Å². The van der Waals surface area contributed by atoms with Crippen LogP contribution in [0, 0.1) is 0 Å². The van der Waals surface area contributed by atoms with Crippen LogP contribution < -0.4 is 16.2 Å². The molecule has 1 aromatic carbocycles. The molecule has 0 atom stereocenters. The van der Waals surface area contributed by atoms with Crippen molar-refractivity contribution in [3.63, 3.8) is 0 Å². The summed E-state index contributed by atoms with van der Waals surface area (Å²) in [4.78, 5) is 11.0. The van der Waals surface area contributed by atoms with Gasteiger partial charge in [-0.3, -0.25) is 0 Å². The number of hydrogen-bond acceptors (Lipinski definition) is 4. The van der Waals surface area contributed by atoms with Gasteiger partial charge in [0.25, 0.3) is 0 Å². The molecule has 0 aliphatic rings. The Balaban J connectivity index is 2.66. The summed E-state index contributed by atoms with van der Waals surface area (Å²) in [6.45, 7) is 0. The van der Waals surface area contributed by atoms with Gasteiger partial charge in [0, 0.05) is 6.20 Å². The third kappa shape index (κ3) is 2.52. The number of benzene rings is 1. The predicted molar refractivity (Wildman–Crippen MR) is 48.5 cm³/mol. The fourth-order valence-electron chi connectivity index (χ4n) is 0.723. The van der Waals surface area contributed by atoms with Crippen molar-refractivity contribution < 1.29 is 9.53 Å². The molecule has 0 saturated heterocycles. The molecule has 4 nitrogen and oxygen atoms in total. The molecule has 4 N–H and O–H groups in total.